The Kier molecular flexibility index (Phi) is 3.38. The lowest BCUT2D eigenvalue weighted by Gasteiger charge is -2.27. The number of fused-ring (bicyclic) bond motifs is 3. The van der Waals surface area contributed by atoms with Crippen molar-refractivity contribution in [3.05, 3.63) is 17.5 Å². The van der Waals surface area contributed by atoms with Crippen molar-refractivity contribution < 1.29 is 8.42 Å². The second kappa shape index (κ2) is 5.16. The van der Waals surface area contributed by atoms with Crippen LogP contribution < -0.4 is 4.90 Å². The average Bonchev–Trinajstić information content (AvgIpc) is 3.16. The lowest BCUT2D eigenvalue weighted by atomic mass is 10.00. The van der Waals surface area contributed by atoms with E-state index in [9.17, 15) is 8.42 Å². The summed E-state index contributed by atoms with van der Waals surface area (Å²) in [6.45, 7) is 6.43. The summed E-state index contributed by atoms with van der Waals surface area (Å²) in [6.07, 6.45) is 4.12. The molecule has 0 spiro atoms. The normalized spacial score (nSPS) is 30.3. The van der Waals surface area contributed by atoms with E-state index < -0.39 is 9.84 Å². The first kappa shape index (κ1) is 14.4. The first-order valence-electron chi connectivity index (χ1n) is 8.13. The van der Waals surface area contributed by atoms with Gasteiger partial charge in [-0.05, 0) is 19.4 Å². The fourth-order valence-electron chi connectivity index (χ4n) is 3.97. The Morgan fingerprint density at radius 2 is 2.05 bits per heavy atom. The molecule has 1 aromatic heterocycles. The van der Waals surface area contributed by atoms with Gasteiger partial charge in [0.25, 0.3) is 0 Å². The van der Waals surface area contributed by atoms with Gasteiger partial charge in [0.05, 0.1) is 16.7 Å². The van der Waals surface area contributed by atoms with Crippen LogP contribution in [0.3, 0.4) is 0 Å². The van der Waals surface area contributed by atoms with E-state index in [0.29, 0.717) is 6.54 Å². The van der Waals surface area contributed by atoms with Gasteiger partial charge >= 0.3 is 0 Å². The maximum absolute atomic E-state index is 12.5. The van der Waals surface area contributed by atoms with Gasteiger partial charge < -0.3 is 9.80 Å². The lowest BCUT2D eigenvalue weighted by molar-refractivity contribution is 0.353. The summed E-state index contributed by atoms with van der Waals surface area (Å²) in [5.41, 5.74) is 1.79. The van der Waals surface area contributed by atoms with E-state index in [4.69, 9.17) is 4.98 Å². The topological polar surface area (TPSA) is 66.4 Å². The van der Waals surface area contributed by atoms with Crippen LogP contribution in [0.25, 0.3) is 0 Å². The molecule has 120 valence electrons. The Hall–Kier alpha value is -1.21. The van der Waals surface area contributed by atoms with Crippen LogP contribution in [0.5, 0.6) is 0 Å². The fourth-order valence-corrected chi connectivity index (χ4v) is 6.00. The van der Waals surface area contributed by atoms with Gasteiger partial charge in [-0.1, -0.05) is 6.92 Å². The molecule has 0 amide bonds. The van der Waals surface area contributed by atoms with E-state index in [1.807, 2.05) is 0 Å². The van der Waals surface area contributed by atoms with Crippen molar-refractivity contribution in [3.8, 4) is 0 Å². The predicted molar refractivity (Wildman–Crippen MR) is 84.7 cm³/mol. The number of likely N-dealkylation sites (N-methyl/N-ethyl adjacent to an activating group) is 1. The molecule has 0 saturated carbocycles. The number of aromatic nitrogens is 2. The van der Waals surface area contributed by atoms with E-state index in [2.05, 4.69) is 21.7 Å². The van der Waals surface area contributed by atoms with Gasteiger partial charge in [-0.2, -0.15) is 0 Å². The molecule has 0 unspecified atom stereocenters. The van der Waals surface area contributed by atoms with Crippen LogP contribution in [0.1, 0.15) is 36.9 Å². The van der Waals surface area contributed by atoms with Gasteiger partial charge in [-0.3, -0.25) is 0 Å². The molecule has 0 radical (unpaired) electrons. The highest BCUT2D eigenvalue weighted by Crippen LogP contribution is 2.39. The largest absolute Gasteiger partial charge is 0.341 e. The molecule has 4 heterocycles. The van der Waals surface area contributed by atoms with Crippen molar-refractivity contribution >= 4 is 15.8 Å². The Morgan fingerprint density at radius 3 is 2.77 bits per heavy atom. The lowest BCUT2D eigenvalue weighted by Crippen LogP contribution is -2.35. The van der Waals surface area contributed by atoms with E-state index in [-0.39, 0.29) is 16.9 Å². The van der Waals surface area contributed by atoms with Crippen LogP contribution in [0.2, 0.25) is 0 Å². The molecule has 2 fully saturated rings. The van der Waals surface area contributed by atoms with Gasteiger partial charge in [0.15, 0.2) is 9.84 Å². The molecular formula is C15H22N4O2S. The van der Waals surface area contributed by atoms with Gasteiger partial charge in [0.1, 0.15) is 0 Å². The SMILES string of the molecule is CCN1C[C@@H]2c3nc(N4CCCC4)ncc3CS(=O)(=O)[C@@H]2C1. The number of anilines is 1. The van der Waals surface area contributed by atoms with E-state index in [1.54, 1.807) is 6.20 Å². The Morgan fingerprint density at radius 1 is 1.27 bits per heavy atom. The fraction of sp³-hybridized carbons (Fsp3) is 0.733. The minimum absolute atomic E-state index is 0.0121. The summed E-state index contributed by atoms with van der Waals surface area (Å²) in [5.74, 6) is 0.892. The zero-order valence-corrected chi connectivity index (χ0v) is 13.7. The zero-order valence-electron chi connectivity index (χ0n) is 12.9. The molecule has 0 aliphatic carbocycles. The summed E-state index contributed by atoms with van der Waals surface area (Å²) >= 11 is 0. The molecule has 2 saturated heterocycles. The second-order valence-electron chi connectivity index (χ2n) is 6.58. The second-order valence-corrected chi connectivity index (χ2v) is 8.80. The molecule has 3 aliphatic rings. The molecule has 0 N–H and O–H groups in total. The van der Waals surface area contributed by atoms with Crippen LogP contribution in [0.15, 0.2) is 6.20 Å². The van der Waals surface area contributed by atoms with Gasteiger partial charge in [-0.15, -0.1) is 0 Å². The standard InChI is InChI=1S/C15H22N4O2S/c1-2-18-8-12-13(9-18)22(20,21)10-11-7-16-15(17-14(11)12)19-5-3-4-6-19/h7,12-13H,2-6,8-10H2,1H3/t12-,13+/m0/s1. The van der Waals surface area contributed by atoms with E-state index in [1.165, 1.54) is 12.8 Å². The third-order valence-corrected chi connectivity index (χ3v) is 7.35. The number of likely N-dealkylation sites (tertiary alicyclic amines) is 1. The number of hydrogen-bond acceptors (Lipinski definition) is 6. The van der Waals surface area contributed by atoms with Crippen molar-refractivity contribution in [2.45, 2.75) is 36.7 Å². The third-order valence-electron chi connectivity index (χ3n) is 5.23. The minimum atomic E-state index is -3.08. The smallest absolute Gasteiger partial charge is 0.225 e. The van der Waals surface area contributed by atoms with Crippen molar-refractivity contribution in [1.82, 2.24) is 14.9 Å². The number of sulfone groups is 1. The molecule has 7 heteroatoms. The monoisotopic (exact) mass is 322 g/mol. The van der Waals surface area contributed by atoms with Crippen LogP contribution >= 0.6 is 0 Å². The predicted octanol–water partition coefficient (Wildman–Crippen LogP) is 0.793. The van der Waals surface area contributed by atoms with Crippen molar-refractivity contribution in [2.24, 2.45) is 0 Å². The molecular weight excluding hydrogens is 300 g/mol. The Labute approximate surface area is 131 Å². The molecule has 0 bridgehead atoms. The van der Waals surface area contributed by atoms with Crippen molar-refractivity contribution in [1.29, 1.82) is 0 Å². The molecule has 3 aliphatic heterocycles. The Balaban J connectivity index is 1.75. The van der Waals surface area contributed by atoms with Gasteiger partial charge in [0, 0.05) is 43.9 Å². The first-order valence-corrected chi connectivity index (χ1v) is 9.84. The summed E-state index contributed by atoms with van der Waals surface area (Å²) in [5, 5.41) is -0.290. The van der Waals surface area contributed by atoms with Crippen LogP contribution in [-0.2, 0) is 15.6 Å². The summed E-state index contributed by atoms with van der Waals surface area (Å²) in [7, 11) is -3.08. The first-order chi connectivity index (χ1) is 10.6. The van der Waals surface area contributed by atoms with E-state index >= 15 is 0 Å². The molecule has 22 heavy (non-hydrogen) atoms. The minimum Gasteiger partial charge on any atom is -0.341 e. The maximum Gasteiger partial charge on any atom is 0.225 e. The highest BCUT2D eigenvalue weighted by molar-refractivity contribution is 7.91. The number of rotatable bonds is 2. The van der Waals surface area contributed by atoms with Crippen LogP contribution in [0.4, 0.5) is 5.95 Å². The molecule has 2 atom stereocenters. The number of hydrogen-bond donors (Lipinski definition) is 0. The summed E-state index contributed by atoms with van der Waals surface area (Å²) < 4.78 is 25.1. The van der Waals surface area contributed by atoms with Crippen molar-refractivity contribution in [3.63, 3.8) is 0 Å². The maximum atomic E-state index is 12.5. The molecule has 0 aromatic carbocycles. The molecule has 4 rings (SSSR count). The summed E-state index contributed by atoms with van der Waals surface area (Å²) in [6, 6.07) is 0. The zero-order chi connectivity index (χ0) is 15.3. The van der Waals surface area contributed by atoms with Gasteiger partial charge in [-0.25, -0.2) is 18.4 Å². The molecule has 1 aromatic rings. The molecule has 6 nitrogen and oxygen atoms in total. The quantitative estimate of drug-likeness (QED) is 0.802. The Bertz CT molecular complexity index is 685. The van der Waals surface area contributed by atoms with Crippen LogP contribution in [-0.4, -0.2) is 61.3 Å². The summed E-state index contributed by atoms with van der Waals surface area (Å²) in [4.78, 5) is 13.7. The van der Waals surface area contributed by atoms with Crippen LogP contribution in [0, 0.1) is 0 Å². The highest BCUT2D eigenvalue weighted by Gasteiger charge is 2.47. The van der Waals surface area contributed by atoms with Crippen molar-refractivity contribution in [2.75, 3.05) is 37.6 Å². The number of nitrogens with zero attached hydrogens (tertiary/aromatic N) is 4. The third kappa shape index (κ3) is 2.22. The highest BCUT2D eigenvalue weighted by atomic mass is 32.2. The average molecular weight is 322 g/mol. The van der Waals surface area contributed by atoms with Gasteiger partial charge in [0.2, 0.25) is 5.95 Å². The van der Waals surface area contributed by atoms with E-state index in [0.717, 1.165) is 43.4 Å².